The van der Waals surface area contributed by atoms with Crippen LogP contribution in [0.2, 0.25) is 0 Å². The fraction of sp³-hybridized carbons (Fsp3) is 0.955. The van der Waals surface area contributed by atoms with E-state index in [0.29, 0.717) is 32.8 Å². The quantitative estimate of drug-likeness (QED) is 0.0742. The lowest BCUT2D eigenvalue weighted by atomic mass is 10.1. The van der Waals surface area contributed by atoms with Crippen molar-refractivity contribution in [3.05, 3.63) is 0 Å². The third-order valence-corrected chi connectivity index (χ3v) is 5.28. The zero-order chi connectivity index (χ0) is 19.8. The largest absolute Gasteiger partial charge is 0.463 e. The van der Waals surface area contributed by atoms with Gasteiger partial charge in [-0.15, -0.1) is 0 Å². The Balaban J connectivity index is 3.13. The summed E-state index contributed by atoms with van der Waals surface area (Å²) >= 11 is 2.42. The van der Waals surface area contributed by atoms with E-state index in [2.05, 4.69) is 29.5 Å². The van der Waals surface area contributed by atoms with Crippen LogP contribution in [0.5, 0.6) is 0 Å². The SMILES string of the molecule is CCCCCCCCCCCC(=O)OCCOCCOCCCCCCI. The van der Waals surface area contributed by atoms with Gasteiger partial charge >= 0.3 is 5.97 Å². The van der Waals surface area contributed by atoms with Gasteiger partial charge in [0.25, 0.3) is 0 Å². The molecule has 0 amide bonds. The molecule has 0 aromatic rings. The number of alkyl halides is 1. The summed E-state index contributed by atoms with van der Waals surface area (Å²) in [6.45, 7) is 5.08. The molecule has 5 heteroatoms. The van der Waals surface area contributed by atoms with E-state index in [4.69, 9.17) is 14.2 Å². The first kappa shape index (κ1) is 27.1. The molecule has 0 heterocycles. The van der Waals surface area contributed by atoms with Gasteiger partial charge in [0, 0.05) is 13.0 Å². The molecule has 0 rings (SSSR count). The van der Waals surface area contributed by atoms with Crippen LogP contribution in [0.3, 0.4) is 0 Å². The van der Waals surface area contributed by atoms with Gasteiger partial charge in [-0.1, -0.05) is 93.7 Å². The van der Waals surface area contributed by atoms with Crippen LogP contribution < -0.4 is 0 Å². The number of carbonyl (C=O) groups excluding carboxylic acids is 1. The second kappa shape index (κ2) is 24.2. The number of ether oxygens (including phenoxy) is 3. The van der Waals surface area contributed by atoms with Crippen LogP contribution >= 0.6 is 22.6 Å². The van der Waals surface area contributed by atoms with Crippen molar-refractivity contribution in [2.45, 2.75) is 96.8 Å². The van der Waals surface area contributed by atoms with E-state index in [9.17, 15) is 4.79 Å². The first-order valence-electron chi connectivity index (χ1n) is 11.2. The zero-order valence-electron chi connectivity index (χ0n) is 17.7. The Morgan fingerprint density at radius 3 is 1.81 bits per heavy atom. The van der Waals surface area contributed by atoms with Crippen LogP contribution in [0, 0.1) is 0 Å². The number of carbonyl (C=O) groups is 1. The second-order valence-electron chi connectivity index (χ2n) is 7.13. The molecule has 0 bridgehead atoms. The summed E-state index contributed by atoms with van der Waals surface area (Å²) in [5.74, 6) is -0.0932. The van der Waals surface area contributed by atoms with Gasteiger partial charge in [-0.05, 0) is 23.7 Å². The molecule has 0 unspecified atom stereocenters. The summed E-state index contributed by atoms with van der Waals surface area (Å²) in [6, 6.07) is 0. The maximum absolute atomic E-state index is 11.6. The lowest BCUT2D eigenvalue weighted by Crippen LogP contribution is -2.13. The van der Waals surface area contributed by atoms with Crippen LogP contribution in [0.4, 0.5) is 0 Å². The van der Waals surface area contributed by atoms with Gasteiger partial charge < -0.3 is 14.2 Å². The number of rotatable bonds is 22. The van der Waals surface area contributed by atoms with Gasteiger partial charge in [-0.3, -0.25) is 4.79 Å². The number of halogens is 1. The minimum atomic E-state index is -0.0932. The van der Waals surface area contributed by atoms with Crippen molar-refractivity contribution in [2.75, 3.05) is 37.5 Å². The molecule has 0 saturated carbocycles. The van der Waals surface area contributed by atoms with Crippen LogP contribution in [-0.4, -0.2) is 43.4 Å². The summed E-state index contributed by atoms with van der Waals surface area (Å²) in [5.41, 5.74) is 0. The van der Waals surface area contributed by atoms with E-state index in [0.717, 1.165) is 25.9 Å². The lowest BCUT2D eigenvalue weighted by molar-refractivity contribution is -0.145. The maximum atomic E-state index is 11.6. The van der Waals surface area contributed by atoms with Crippen LogP contribution in [0.25, 0.3) is 0 Å². The fourth-order valence-electron chi connectivity index (χ4n) is 2.84. The van der Waals surface area contributed by atoms with Crippen molar-refractivity contribution >= 4 is 28.6 Å². The molecule has 0 aliphatic heterocycles. The predicted octanol–water partition coefficient (Wildman–Crippen LogP) is 6.48. The van der Waals surface area contributed by atoms with Crippen molar-refractivity contribution in [2.24, 2.45) is 0 Å². The molecule has 4 nitrogen and oxygen atoms in total. The molecule has 0 aliphatic carbocycles. The monoisotopic (exact) mass is 498 g/mol. The smallest absolute Gasteiger partial charge is 0.305 e. The molecule has 0 aliphatic rings. The van der Waals surface area contributed by atoms with Gasteiger partial charge in [0.05, 0.1) is 19.8 Å². The number of hydrogen-bond donors (Lipinski definition) is 0. The highest BCUT2D eigenvalue weighted by Gasteiger charge is 2.02. The van der Waals surface area contributed by atoms with Gasteiger partial charge in [0.1, 0.15) is 6.61 Å². The molecule has 0 radical (unpaired) electrons. The average Bonchev–Trinajstić information content (AvgIpc) is 2.67. The maximum Gasteiger partial charge on any atom is 0.305 e. The van der Waals surface area contributed by atoms with Crippen molar-refractivity contribution < 1.29 is 19.0 Å². The molecule has 27 heavy (non-hydrogen) atoms. The molecule has 0 aromatic heterocycles. The van der Waals surface area contributed by atoms with E-state index in [-0.39, 0.29) is 5.97 Å². The zero-order valence-corrected chi connectivity index (χ0v) is 19.8. The summed E-state index contributed by atoms with van der Waals surface area (Å²) < 4.78 is 17.4. The fourth-order valence-corrected chi connectivity index (χ4v) is 3.38. The first-order valence-corrected chi connectivity index (χ1v) is 12.7. The predicted molar refractivity (Wildman–Crippen MR) is 122 cm³/mol. The summed E-state index contributed by atoms with van der Waals surface area (Å²) in [4.78, 5) is 11.6. The molecular weight excluding hydrogens is 455 g/mol. The van der Waals surface area contributed by atoms with E-state index in [1.807, 2.05) is 0 Å². The average molecular weight is 498 g/mol. The minimum absolute atomic E-state index is 0.0932. The van der Waals surface area contributed by atoms with Crippen LogP contribution in [0.1, 0.15) is 96.8 Å². The second-order valence-corrected chi connectivity index (χ2v) is 8.21. The Hall–Kier alpha value is 0.120. The first-order chi connectivity index (χ1) is 13.3. The van der Waals surface area contributed by atoms with Gasteiger partial charge in [0.2, 0.25) is 0 Å². The highest BCUT2D eigenvalue weighted by molar-refractivity contribution is 14.1. The van der Waals surface area contributed by atoms with Gasteiger partial charge in [-0.25, -0.2) is 0 Å². The lowest BCUT2D eigenvalue weighted by Gasteiger charge is -2.07. The summed E-state index contributed by atoms with van der Waals surface area (Å²) in [7, 11) is 0. The molecule has 162 valence electrons. The number of esters is 1. The van der Waals surface area contributed by atoms with Crippen LogP contribution in [-0.2, 0) is 19.0 Å². The Bertz CT molecular complexity index is 300. The van der Waals surface area contributed by atoms with E-state index in [1.165, 1.54) is 68.6 Å². The summed E-state index contributed by atoms with van der Waals surface area (Å²) in [5, 5.41) is 0. The molecular formula is C22H43IO4. The third kappa shape index (κ3) is 24.1. The molecule has 0 spiro atoms. The Morgan fingerprint density at radius 1 is 0.630 bits per heavy atom. The Kier molecular flexibility index (Phi) is 24.3. The number of hydrogen-bond acceptors (Lipinski definition) is 4. The minimum Gasteiger partial charge on any atom is -0.463 e. The topological polar surface area (TPSA) is 44.8 Å². The molecule has 0 saturated heterocycles. The Morgan fingerprint density at radius 2 is 1.15 bits per heavy atom. The van der Waals surface area contributed by atoms with Crippen molar-refractivity contribution in [3.8, 4) is 0 Å². The summed E-state index contributed by atoms with van der Waals surface area (Å²) in [6.07, 6.45) is 16.9. The van der Waals surface area contributed by atoms with Gasteiger partial charge in [0.15, 0.2) is 0 Å². The molecule has 0 fully saturated rings. The Labute approximate surface area is 181 Å². The van der Waals surface area contributed by atoms with Crippen molar-refractivity contribution in [1.29, 1.82) is 0 Å². The van der Waals surface area contributed by atoms with Crippen molar-refractivity contribution in [3.63, 3.8) is 0 Å². The highest BCUT2D eigenvalue weighted by Crippen LogP contribution is 2.10. The highest BCUT2D eigenvalue weighted by atomic mass is 127. The normalized spacial score (nSPS) is 11.0. The van der Waals surface area contributed by atoms with Gasteiger partial charge in [-0.2, -0.15) is 0 Å². The molecule has 0 N–H and O–H groups in total. The van der Waals surface area contributed by atoms with E-state index < -0.39 is 0 Å². The standard InChI is InChI=1S/C22H43IO4/c1-2-3-4-5-6-7-8-9-12-15-22(24)27-21-20-26-19-18-25-17-14-11-10-13-16-23/h2-21H2,1H3. The molecule has 0 aromatic carbocycles. The van der Waals surface area contributed by atoms with E-state index in [1.54, 1.807) is 0 Å². The van der Waals surface area contributed by atoms with Crippen LogP contribution in [0.15, 0.2) is 0 Å². The third-order valence-electron chi connectivity index (χ3n) is 4.52. The number of unbranched alkanes of at least 4 members (excludes halogenated alkanes) is 11. The molecule has 0 atom stereocenters. The van der Waals surface area contributed by atoms with E-state index >= 15 is 0 Å². The van der Waals surface area contributed by atoms with Crippen molar-refractivity contribution in [1.82, 2.24) is 0 Å².